The van der Waals surface area contributed by atoms with Crippen molar-refractivity contribution in [2.24, 2.45) is 17.6 Å². The Morgan fingerprint density at radius 3 is 2.27 bits per heavy atom. The van der Waals surface area contributed by atoms with Crippen molar-refractivity contribution in [2.45, 2.75) is 26.7 Å². The molecule has 1 unspecified atom stereocenters. The van der Waals surface area contributed by atoms with E-state index in [-0.39, 0.29) is 0 Å². The van der Waals surface area contributed by atoms with Crippen molar-refractivity contribution in [2.75, 3.05) is 6.54 Å². The predicted molar refractivity (Wildman–Crippen MR) is 67.2 cm³/mol. The molecule has 2 N–H and O–H groups in total. The van der Waals surface area contributed by atoms with Gasteiger partial charge < -0.3 is 5.73 Å². The molecule has 2 heteroatoms. The third-order valence-electron chi connectivity index (χ3n) is 2.89. The lowest BCUT2D eigenvalue weighted by molar-refractivity contribution is 0.362. The van der Waals surface area contributed by atoms with E-state index in [4.69, 9.17) is 17.3 Å². The zero-order chi connectivity index (χ0) is 11.3. The summed E-state index contributed by atoms with van der Waals surface area (Å²) in [7, 11) is 0. The van der Waals surface area contributed by atoms with Gasteiger partial charge in [0.1, 0.15) is 0 Å². The van der Waals surface area contributed by atoms with Crippen molar-refractivity contribution < 1.29 is 0 Å². The second-order valence-electron chi connectivity index (χ2n) is 4.41. The number of rotatable bonds is 5. The minimum atomic E-state index is 0.677. The van der Waals surface area contributed by atoms with Crippen LogP contribution < -0.4 is 5.73 Å². The Morgan fingerprint density at radius 1 is 1.20 bits per heavy atom. The largest absolute Gasteiger partial charge is 0.330 e. The summed E-state index contributed by atoms with van der Waals surface area (Å²) in [4.78, 5) is 0. The zero-order valence-corrected chi connectivity index (χ0v) is 10.3. The van der Waals surface area contributed by atoms with Gasteiger partial charge in [-0.25, -0.2) is 0 Å². The minimum Gasteiger partial charge on any atom is -0.330 e. The van der Waals surface area contributed by atoms with Crippen molar-refractivity contribution in [1.82, 2.24) is 0 Å². The Labute approximate surface area is 97.6 Å². The molecule has 0 bridgehead atoms. The van der Waals surface area contributed by atoms with Crippen LogP contribution in [0, 0.1) is 11.8 Å². The average Bonchev–Trinajstić information content (AvgIpc) is 2.20. The summed E-state index contributed by atoms with van der Waals surface area (Å²) in [5, 5.41) is 0.804. The molecule has 0 spiro atoms. The Hall–Kier alpha value is -0.530. The van der Waals surface area contributed by atoms with Gasteiger partial charge in [0.25, 0.3) is 0 Å². The predicted octanol–water partition coefficient (Wildman–Crippen LogP) is 3.50. The van der Waals surface area contributed by atoms with Gasteiger partial charge in [-0.15, -0.1) is 0 Å². The molecule has 0 radical (unpaired) electrons. The van der Waals surface area contributed by atoms with Crippen LogP contribution in [0.4, 0.5) is 0 Å². The van der Waals surface area contributed by atoms with Crippen LogP contribution in [0.25, 0.3) is 0 Å². The molecule has 15 heavy (non-hydrogen) atoms. The zero-order valence-electron chi connectivity index (χ0n) is 9.54. The molecule has 1 nitrogen and oxygen atoms in total. The van der Waals surface area contributed by atoms with Crippen LogP contribution in [0.2, 0.25) is 5.02 Å². The summed E-state index contributed by atoms with van der Waals surface area (Å²) < 4.78 is 0. The number of hydrogen-bond donors (Lipinski definition) is 1. The molecular formula is C13H20ClN. The molecule has 0 aliphatic carbocycles. The van der Waals surface area contributed by atoms with E-state index in [1.807, 2.05) is 12.1 Å². The molecular weight excluding hydrogens is 206 g/mol. The molecule has 1 aromatic rings. The molecule has 1 rings (SSSR count). The van der Waals surface area contributed by atoms with Gasteiger partial charge in [0.15, 0.2) is 0 Å². The van der Waals surface area contributed by atoms with E-state index >= 15 is 0 Å². The monoisotopic (exact) mass is 225 g/mol. The summed E-state index contributed by atoms with van der Waals surface area (Å²) in [6.07, 6.45) is 2.20. The van der Waals surface area contributed by atoms with Crippen molar-refractivity contribution in [3.05, 3.63) is 34.9 Å². The van der Waals surface area contributed by atoms with Gasteiger partial charge in [-0.3, -0.25) is 0 Å². The van der Waals surface area contributed by atoms with Gasteiger partial charge in [-0.05, 0) is 48.9 Å². The molecule has 0 heterocycles. The van der Waals surface area contributed by atoms with Crippen LogP contribution >= 0.6 is 11.6 Å². The highest BCUT2D eigenvalue weighted by Gasteiger charge is 2.12. The molecule has 0 saturated carbocycles. The lowest BCUT2D eigenvalue weighted by atomic mass is 9.87. The normalized spacial score (nSPS) is 13.1. The number of nitrogens with two attached hydrogens (primary N) is 1. The van der Waals surface area contributed by atoms with Crippen molar-refractivity contribution in [3.8, 4) is 0 Å². The van der Waals surface area contributed by atoms with E-state index in [0.717, 1.165) is 24.4 Å². The summed E-state index contributed by atoms with van der Waals surface area (Å²) >= 11 is 5.85. The highest BCUT2D eigenvalue weighted by molar-refractivity contribution is 6.30. The van der Waals surface area contributed by atoms with Gasteiger partial charge in [0, 0.05) is 5.02 Å². The highest BCUT2D eigenvalue weighted by Crippen LogP contribution is 2.21. The SMILES string of the molecule is CC(C)C(CCN)Cc1ccc(Cl)cc1. The van der Waals surface area contributed by atoms with E-state index in [9.17, 15) is 0 Å². The van der Waals surface area contributed by atoms with Gasteiger partial charge in [0.2, 0.25) is 0 Å². The Balaban J connectivity index is 2.61. The fourth-order valence-corrected chi connectivity index (χ4v) is 1.93. The standard InChI is InChI=1S/C13H20ClN/c1-10(2)12(7-8-15)9-11-3-5-13(14)6-4-11/h3-6,10,12H,7-9,15H2,1-2H3. The lowest BCUT2D eigenvalue weighted by Crippen LogP contribution is -2.16. The second kappa shape index (κ2) is 6.14. The first-order chi connectivity index (χ1) is 7.13. The Bertz CT molecular complexity index is 279. The Kier molecular flexibility index (Phi) is 5.13. The maximum atomic E-state index is 5.85. The van der Waals surface area contributed by atoms with Crippen molar-refractivity contribution in [1.29, 1.82) is 0 Å². The summed E-state index contributed by atoms with van der Waals surface area (Å²) in [5.41, 5.74) is 6.98. The highest BCUT2D eigenvalue weighted by atomic mass is 35.5. The summed E-state index contributed by atoms with van der Waals surface area (Å²) in [6, 6.07) is 8.12. The van der Waals surface area contributed by atoms with Gasteiger partial charge in [-0.2, -0.15) is 0 Å². The fraction of sp³-hybridized carbons (Fsp3) is 0.538. The average molecular weight is 226 g/mol. The maximum absolute atomic E-state index is 5.85. The molecule has 0 fully saturated rings. The van der Waals surface area contributed by atoms with Crippen LogP contribution in [0.5, 0.6) is 0 Å². The molecule has 1 aromatic carbocycles. The number of benzene rings is 1. The summed E-state index contributed by atoms with van der Waals surface area (Å²) in [5.74, 6) is 1.36. The van der Waals surface area contributed by atoms with E-state index < -0.39 is 0 Å². The van der Waals surface area contributed by atoms with Crippen LogP contribution in [0.3, 0.4) is 0 Å². The molecule has 0 amide bonds. The van der Waals surface area contributed by atoms with Crippen LogP contribution in [0.1, 0.15) is 25.8 Å². The molecule has 1 atom stereocenters. The van der Waals surface area contributed by atoms with Gasteiger partial charge >= 0.3 is 0 Å². The lowest BCUT2D eigenvalue weighted by Gasteiger charge is -2.20. The first kappa shape index (κ1) is 12.5. The first-order valence-electron chi connectivity index (χ1n) is 5.58. The summed E-state index contributed by atoms with van der Waals surface area (Å²) in [6.45, 7) is 5.29. The quantitative estimate of drug-likeness (QED) is 0.816. The van der Waals surface area contributed by atoms with E-state index in [1.54, 1.807) is 0 Å². The number of halogens is 1. The van der Waals surface area contributed by atoms with Crippen LogP contribution in [0.15, 0.2) is 24.3 Å². The topological polar surface area (TPSA) is 26.0 Å². The van der Waals surface area contributed by atoms with E-state index in [2.05, 4.69) is 26.0 Å². The molecule has 0 aromatic heterocycles. The Morgan fingerprint density at radius 2 is 1.80 bits per heavy atom. The molecule has 0 aliphatic heterocycles. The van der Waals surface area contributed by atoms with E-state index in [0.29, 0.717) is 11.8 Å². The van der Waals surface area contributed by atoms with E-state index in [1.165, 1.54) is 5.56 Å². The molecule has 0 aliphatic rings. The van der Waals surface area contributed by atoms with Crippen molar-refractivity contribution >= 4 is 11.6 Å². The van der Waals surface area contributed by atoms with Gasteiger partial charge in [-0.1, -0.05) is 37.6 Å². The second-order valence-corrected chi connectivity index (χ2v) is 4.85. The third kappa shape index (κ3) is 4.23. The van der Waals surface area contributed by atoms with Crippen molar-refractivity contribution in [3.63, 3.8) is 0 Å². The minimum absolute atomic E-state index is 0.677. The number of hydrogen-bond acceptors (Lipinski definition) is 1. The molecule has 0 saturated heterocycles. The first-order valence-corrected chi connectivity index (χ1v) is 5.95. The van der Waals surface area contributed by atoms with Gasteiger partial charge in [0.05, 0.1) is 0 Å². The molecule has 84 valence electrons. The van der Waals surface area contributed by atoms with Crippen LogP contribution in [-0.4, -0.2) is 6.54 Å². The maximum Gasteiger partial charge on any atom is 0.0406 e. The fourth-order valence-electron chi connectivity index (χ4n) is 1.81. The van der Waals surface area contributed by atoms with Crippen LogP contribution in [-0.2, 0) is 6.42 Å². The third-order valence-corrected chi connectivity index (χ3v) is 3.14. The smallest absolute Gasteiger partial charge is 0.0406 e.